The number of nitrogens with two attached hydrogens (primary N) is 1. The summed E-state index contributed by atoms with van der Waals surface area (Å²) in [5.74, 6) is -0.561. The van der Waals surface area contributed by atoms with Crippen molar-refractivity contribution in [1.29, 1.82) is 0 Å². The molecule has 0 aliphatic rings. The third-order valence-electron chi connectivity index (χ3n) is 2.23. The molecule has 2 rings (SSSR count). The first-order valence-electron chi connectivity index (χ1n) is 5.43. The molecule has 0 saturated carbocycles. The van der Waals surface area contributed by atoms with E-state index >= 15 is 0 Å². The highest BCUT2D eigenvalue weighted by atomic mass is 79.9. The minimum absolute atomic E-state index is 0.172. The first kappa shape index (κ1) is 16.1. The number of anilines is 1. The Morgan fingerprint density at radius 2 is 1.47 bits per heavy atom. The Hall–Kier alpha value is -0.940. The largest absolute Gasteiger partial charge is 0.395 e. The molecule has 2 N–H and O–H groups in total. The molecule has 0 radical (unpaired) electrons. The van der Waals surface area contributed by atoms with Crippen molar-refractivity contribution < 1.29 is 8.78 Å². The third kappa shape index (κ3) is 5.28. The van der Waals surface area contributed by atoms with Crippen LogP contribution in [0.1, 0.15) is 11.1 Å². The maximum Gasteiger partial charge on any atom is 0.147 e. The summed E-state index contributed by atoms with van der Waals surface area (Å²) in [4.78, 5) is 0. The van der Waals surface area contributed by atoms with Gasteiger partial charge < -0.3 is 5.73 Å². The Kier molecular flexibility index (Phi) is 5.94. The van der Waals surface area contributed by atoms with E-state index in [1.807, 2.05) is 19.9 Å². The van der Waals surface area contributed by atoms with Crippen LogP contribution in [0.15, 0.2) is 39.3 Å². The molecule has 102 valence electrons. The van der Waals surface area contributed by atoms with Gasteiger partial charge in [0.15, 0.2) is 0 Å². The van der Waals surface area contributed by atoms with Crippen LogP contribution in [-0.2, 0) is 0 Å². The van der Waals surface area contributed by atoms with Crippen molar-refractivity contribution in [2.75, 3.05) is 5.73 Å². The number of hydrogen-bond acceptors (Lipinski definition) is 1. The van der Waals surface area contributed by atoms with E-state index in [2.05, 4.69) is 31.9 Å². The van der Waals surface area contributed by atoms with Gasteiger partial charge in [0.2, 0.25) is 0 Å². The lowest BCUT2D eigenvalue weighted by Crippen LogP contribution is -1.92. The molecule has 0 unspecified atom stereocenters. The minimum atomic E-state index is -0.369. The lowest BCUT2D eigenvalue weighted by Gasteiger charge is -2.00. The lowest BCUT2D eigenvalue weighted by atomic mass is 10.2. The van der Waals surface area contributed by atoms with Gasteiger partial charge in [0.25, 0.3) is 0 Å². The Morgan fingerprint density at radius 1 is 0.895 bits per heavy atom. The molecule has 0 aromatic heterocycles. The Bertz CT molecular complexity index is 512. The summed E-state index contributed by atoms with van der Waals surface area (Å²) in [5, 5.41) is 0. The van der Waals surface area contributed by atoms with E-state index in [0.29, 0.717) is 4.47 Å². The Morgan fingerprint density at radius 3 is 1.95 bits per heavy atom. The second-order valence-electron chi connectivity index (χ2n) is 4.09. The predicted molar refractivity (Wildman–Crippen MR) is 82.1 cm³/mol. The topological polar surface area (TPSA) is 26.0 Å². The molecule has 2 aromatic carbocycles. The zero-order chi connectivity index (χ0) is 14.6. The molecule has 0 atom stereocenters. The van der Waals surface area contributed by atoms with Crippen LogP contribution >= 0.6 is 31.9 Å². The van der Waals surface area contributed by atoms with Crippen molar-refractivity contribution in [2.45, 2.75) is 13.8 Å². The molecule has 0 heterocycles. The van der Waals surface area contributed by atoms with E-state index in [9.17, 15) is 8.78 Å². The van der Waals surface area contributed by atoms with Crippen LogP contribution in [-0.4, -0.2) is 0 Å². The Labute approximate surface area is 128 Å². The van der Waals surface area contributed by atoms with E-state index in [4.69, 9.17) is 5.73 Å². The highest BCUT2D eigenvalue weighted by Crippen LogP contribution is 2.23. The van der Waals surface area contributed by atoms with Gasteiger partial charge >= 0.3 is 0 Å². The van der Waals surface area contributed by atoms with Gasteiger partial charge in [-0.3, -0.25) is 0 Å². The monoisotopic (exact) mass is 391 g/mol. The minimum Gasteiger partial charge on any atom is -0.395 e. The van der Waals surface area contributed by atoms with Gasteiger partial charge in [0, 0.05) is 8.95 Å². The molecule has 0 amide bonds. The second-order valence-corrected chi connectivity index (χ2v) is 5.86. The third-order valence-corrected chi connectivity index (χ3v) is 3.34. The Balaban J connectivity index is 0.000000191. The predicted octanol–water partition coefficient (Wildman–Crippen LogP) is 5.38. The summed E-state index contributed by atoms with van der Waals surface area (Å²) in [6, 6.07) is 7.97. The molecule has 0 aliphatic heterocycles. The van der Waals surface area contributed by atoms with Gasteiger partial charge in [-0.2, -0.15) is 0 Å². The lowest BCUT2D eigenvalue weighted by molar-refractivity contribution is 0.625. The summed E-state index contributed by atoms with van der Waals surface area (Å²) in [5.41, 5.74) is 7.29. The normalized spacial score (nSPS) is 9.79. The van der Waals surface area contributed by atoms with E-state index in [1.165, 1.54) is 18.2 Å². The molecule has 0 fully saturated rings. The van der Waals surface area contributed by atoms with Crippen LogP contribution in [0.2, 0.25) is 0 Å². The van der Waals surface area contributed by atoms with Crippen LogP contribution in [0.5, 0.6) is 0 Å². The van der Waals surface area contributed by atoms with Crippen LogP contribution in [0.25, 0.3) is 0 Å². The van der Waals surface area contributed by atoms with Gasteiger partial charge in [0.1, 0.15) is 11.6 Å². The van der Waals surface area contributed by atoms with Crippen molar-refractivity contribution in [3.8, 4) is 0 Å². The first-order chi connectivity index (χ1) is 8.79. The van der Waals surface area contributed by atoms with Crippen molar-refractivity contribution in [1.82, 2.24) is 0 Å². The number of nitrogen functional groups attached to an aromatic ring is 1. The fourth-order valence-electron chi connectivity index (χ4n) is 1.40. The van der Waals surface area contributed by atoms with E-state index in [-0.39, 0.29) is 17.3 Å². The van der Waals surface area contributed by atoms with Crippen molar-refractivity contribution in [2.24, 2.45) is 0 Å². The maximum absolute atomic E-state index is 12.7. The number of hydrogen-bond donors (Lipinski definition) is 1. The van der Waals surface area contributed by atoms with Crippen molar-refractivity contribution in [3.63, 3.8) is 0 Å². The highest BCUT2D eigenvalue weighted by Gasteiger charge is 2.01. The quantitative estimate of drug-likeness (QED) is 0.598. The number of rotatable bonds is 0. The molecule has 2 aromatic rings. The molecule has 5 heteroatoms. The summed E-state index contributed by atoms with van der Waals surface area (Å²) in [7, 11) is 0. The fraction of sp³-hybridized carbons (Fsp3) is 0.143. The van der Waals surface area contributed by atoms with Gasteiger partial charge in [-0.1, -0.05) is 15.9 Å². The average Bonchev–Trinajstić information content (AvgIpc) is 2.24. The molecule has 1 nitrogen and oxygen atoms in total. The van der Waals surface area contributed by atoms with Gasteiger partial charge in [-0.05, 0) is 71.2 Å². The zero-order valence-electron chi connectivity index (χ0n) is 10.5. The summed E-state index contributed by atoms with van der Waals surface area (Å²) in [6.45, 7) is 3.67. The van der Waals surface area contributed by atoms with Gasteiger partial charge in [-0.25, -0.2) is 8.78 Å². The van der Waals surface area contributed by atoms with Gasteiger partial charge in [-0.15, -0.1) is 0 Å². The second kappa shape index (κ2) is 7.01. The number of benzene rings is 2. The van der Waals surface area contributed by atoms with Crippen LogP contribution < -0.4 is 5.73 Å². The van der Waals surface area contributed by atoms with Crippen molar-refractivity contribution in [3.05, 3.63) is 62.0 Å². The zero-order valence-corrected chi connectivity index (χ0v) is 13.6. The molecule has 0 aliphatic carbocycles. The smallest absolute Gasteiger partial charge is 0.147 e. The maximum atomic E-state index is 12.7. The standard InChI is InChI=1S/C7H7BrFN.C7H6BrF/c1-4-2-5(8)7(10)6(9)3-4;1-5-2-6(8)4-7(9)3-5/h2-3H,10H2,1H3;2-4H,1H3. The van der Waals surface area contributed by atoms with Crippen molar-refractivity contribution >= 4 is 37.5 Å². The number of aryl methyl sites for hydroxylation is 2. The first-order valence-corrected chi connectivity index (χ1v) is 7.02. The molecule has 0 spiro atoms. The molecular formula is C14H13Br2F2N. The molecule has 0 bridgehead atoms. The average molecular weight is 393 g/mol. The fourth-order valence-corrected chi connectivity index (χ4v) is 2.53. The van der Waals surface area contributed by atoms with Crippen LogP contribution in [0, 0.1) is 25.5 Å². The summed E-state index contributed by atoms with van der Waals surface area (Å²) >= 11 is 6.30. The highest BCUT2D eigenvalue weighted by molar-refractivity contribution is 9.10. The summed E-state index contributed by atoms with van der Waals surface area (Å²) in [6.07, 6.45) is 0. The van der Waals surface area contributed by atoms with E-state index in [0.717, 1.165) is 15.6 Å². The van der Waals surface area contributed by atoms with E-state index < -0.39 is 0 Å². The SMILES string of the molecule is Cc1cc(F)c(N)c(Br)c1.Cc1cc(F)cc(Br)c1. The van der Waals surface area contributed by atoms with Crippen LogP contribution in [0.3, 0.4) is 0 Å². The molecule has 0 saturated heterocycles. The van der Waals surface area contributed by atoms with Crippen LogP contribution in [0.4, 0.5) is 14.5 Å². The van der Waals surface area contributed by atoms with E-state index in [1.54, 1.807) is 6.07 Å². The molecular weight excluding hydrogens is 380 g/mol. The molecule has 19 heavy (non-hydrogen) atoms. The summed E-state index contributed by atoms with van der Waals surface area (Å²) < 4.78 is 26.5. The number of halogens is 4. The van der Waals surface area contributed by atoms with Gasteiger partial charge in [0.05, 0.1) is 5.69 Å².